The minimum atomic E-state index is -1.98. The maximum atomic E-state index is 10.9. The summed E-state index contributed by atoms with van der Waals surface area (Å²) in [5.74, 6) is 0. The van der Waals surface area contributed by atoms with E-state index >= 15 is 0 Å². The van der Waals surface area contributed by atoms with Crippen molar-refractivity contribution in [2.75, 3.05) is 14.1 Å². The van der Waals surface area contributed by atoms with E-state index in [1.807, 2.05) is 0 Å². The van der Waals surface area contributed by atoms with Gasteiger partial charge in [0.1, 0.15) is 5.15 Å². The van der Waals surface area contributed by atoms with E-state index in [1.54, 1.807) is 26.2 Å². The molecule has 0 fully saturated rings. The minimum absolute atomic E-state index is 0.149. The largest absolute Gasteiger partial charge is 0.363 e. The lowest BCUT2D eigenvalue weighted by Crippen LogP contribution is -2.41. The monoisotopic (exact) mass is 221 g/mol. The van der Waals surface area contributed by atoms with Crippen LogP contribution < -0.4 is 3.89 Å². The highest BCUT2D eigenvalue weighted by molar-refractivity contribution is 7.78. The fourth-order valence-corrected chi connectivity index (χ4v) is 1.18. The molecule has 6 heteroatoms. The van der Waals surface area contributed by atoms with Gasteiger partial charge in [-0.25, -0.2) is 4.98 Å². The minimum Gasteiger partial charge on any atom is -0.260 e. The predicted octanol–water partition coefficient (Wildman–Crippen LogP) is 1.44. The van der Waals surface area contributed by atoms with E-state index in [9.17, 15) is 4.21 Å². The molecule has 4 nitrogen and oxygen atoms in total. The van der Waals surface area contributed by atoms with E-state index in [2.05, 4.69) is 4.98 Å². The van der Waals surface area contributed by atoms with E-state index in [-0.39, 0.29) is 3.89 Å². The molecule has 0 bridgehead atoms. The highest BCUT2D eigenvalue weighted by Gasteiger charge is 2.26. The van der Waals surface area contributed by atoms with Crippen molar-refractivity contribution in [1.82, 2.24) is 8.87 Å². The Kier molecular flexibility index (Phi) is 3.02. The third kappa shape index (κ3) is 2.25. The second kappa shape index (κ2) is 3.71. The van der Waals surface area contributed by atoms with Crippen molar-refractivity contribution in [3.05, 3.63) is 23.5 Å². The van der Waals surface area contributed by atoms with Crippen molar-refractivity contribution in [3.8, 4) is 0 Å². The number of nitrogens with zero attached hydrogens (tertiary/aromatic N) is 2. The average Bonchev–Trinajstić information content (AvgIpc) is 2.04. The molecule has 0 aliphatic rings. The summed E-state index contributed by atoms with van der Waals surface area (Å²) in [6.07, 6.45) is 1.48. The summed E-state index contributed by atoms with van der Waals surface area (Å²) in [6, 6.07) is 3.26. The first-order valence-corrected chi connectivity index (χ1v) is 4.96. The Morgan fingerprint density at radius 2 is 2.15 bits per heavy atom. The molecule has 1 aromatic heterocycles. The molecule has 0 saturated heterocycles. The zero-order valence-electron chi connectivity index (χ0n) is 7.27. The number of hydrogen-bond donors (Lipinski definition) is 1. The summed E-state index contributed by atoms with van der Waals surface area (Å²) >= 11 is 3.61. The van der Waals surface area contributed by atoms with Gasteiger partial charge >= 0.3 is 11.3 Å². The standard InChI is InChI=1S/C7H9ClN2O2S/c1-10(2,13(11)12)6-3-4-7(8)9-5-6/h3-5H,1-2H3/p+1. The molecule has 0 amide bonds. The molecule has 0 aliphatic heterocycles. The molecule has 13 heavy (non-hydrogen) atoms. The molecule has 1 atom stereocenters. The Bertz CT molecular complexity index is 326. The van der Waals surface area contributed by atoms with Crippen LogP contribution in [-0.2, 0) is 11.3 Å². The van der Waals surface area contributed by atoms with E-state index in [1.165, 1.54) is 6.20 Å². The molecule has 0 spiro atoms. The Morgan fingerprint density at radius 1 is 1.54 bits per heavy atom. The fraction of sp³-hybridized carbons (Fsp3) is 0.286. The predicted molar refractivity (Wildman–Crippen MR) is 53.7 cm³/mol. The van der Waals surface area contributed by atoms with Crippen LogP contribution in [0.5, 0.6) is 0 Å². The highest BCUT2D eigenvalue weighted by Crippen LogP contribution is 2.20. The maximum Gasteiger partial charge on any atom is 0.363 e. The quantitative estimate of drug-likeness (QED) is 0.467. The molecule has 1 unspecified atom stereocenters. The lowest BCUT2D eigenvalue weighted by atomic mass is 10.4. The summed E-state index contributed by atoms with van der Waals surface area (Å²) < 4.78 is 19.8. The van der Waals surface area contributed by atoms with Crippen LogP contribution in [-0.4, -0.2) is 27.8 Å². The Balaban J connectivity index is 3.08. The second-order valence-electron chi connectivity index (χ2n) is 2.92. The molecular formula is C7H10ClN2O2S+. The zero-order valence-corrected chi connectivity index (χ0v) is 8.84. The summed E-state index contributed by atoms with van der Waals surface area (Å²) in [5.41, 5.74) is 0.630. The van der Waals surface area contributed by atoms with Gasteiger partial charge in [-0.05, 0) is 6.07 Å². The van der Waals surface area contributed by atoms with Gasteiger partial charge in [0.2, 0.25) is 0 Å². The van der Waals surface area contributed by atoms with Gasteiger partial charge in [-0.15, -0.1) is 0 Å². The Hall–Kier alpha value is -0.490. The molecule has 0 aromatic carbocycles. The zero-order chi connectivity index (χ0) is 10.1. The van der Waals surface area contributed by atoms with E-state index in [0.717, 1.165) is 0 Å². The van der Waals surface area contributed by atoms with Gasteiger partial charge < -0.3 is 0 Å². The van der Waals surface area contributed by atoms with Crippen molar-refractivity contribution in [2.45, 2.75) is 0 Å². The maximum absolute atomic E-state index is 10.9. The van der Waals surface area contributed by atoms with Crippen molar-refractivity contribution in [2.24, 2.45) is 0 Å². The fourth-order valence-electron chi connectivity index (χ4n) is 0.777. The number of pyridine rings is 1. The number of halogens is 1. The normalized spacial score (nSPS) is 14.2. The topological polar surface area (TPSA) is 50.2 Å². The van der Waals surface area contributed by atoms with E-state index < -0.39 is 11.3 Å². The third-order valence-electron chi connectivity index (χ3n) is 1.72. The van der Waals surface area contributed by atoms with Crippen molar-refractivity contribution < 1.29 is 8.76 Å². The van der Waals surface area contributed by atoms with Crippen LogP contribution in [0.25, 0.3) is 0 Å². The van der Waals surface area contributed by atoms with Crippen molar-refractivity contribution in [1.29, 1.82) is 0 Å². The first-order valence-electron chi connectivity index (χ1n) is 3.52. The van der Waals surface area contributed by atoms with E-state index in [0.29, 0.717) is 10.8 Å². The number of rotatable bonds is 2. The number of quaternary nitrogens is 1. The number of aromatic nitrogens is 1. The van der Waals surface area contributed by atoms with Gasteiger partial charge in [-0.1, -0.05) is 11.6 Å². The molecular weight excluding hydrogens is 212 g/mol. The molecule has 72 valence electrons. The first kappa shape index (κ1) is 10.6. The van der Waals surface area contributed by atoms with Crippen LogP contribution in [0.3, 0.4) is 0 Å². The van der Waals surface area contributed by atoms with Crippen LogP contribution in [0.15, 0.2) is 18.3 Å². The van der Waals surface area contributed by atoms with Crippen LogP contribution >= 0.6 is 11.6 Å². The van der Waals surface area contributed by atoms with Crippen LogP contribution in [0.2, 0.25) is 5.15 Å². The molecule has 1 N–H and O–H groups in total. The van der Waals surface area contributed by atoms with Crippen molar-refractivity contribution in [3.63, 3.8) is 0 Å². The summed E-state index contributed by atoms with van der Waals surface area (Å²) in [5, 5.41) is 0.368. The van der Waals surface area contributed by atoms with E-state index in [4.69, 9.17) is 16.2 Å². The van der Waals surface area contributed by atoms with Gasteiger partial charge in [0, 0.05) is 6.07 Å². The lowest BCUT2D eigenvalue weighted by Gasteiger charge is -2.21. The molecule has 1 rings (SSSR count). The summed E-state index contributed by atoms with van der Waals surface area (Å²) in [6.45, 7) is 0. The molecule has 0 aliphatic carbocycles. The first-order chi connectivity index (χ1) is 5.94. The molecule has 0 saturated carbocycles. The van der Waals surface area contributed by atoms with Gasteiger partial charge in [0.05, 0.1) is 20.3 Å². The average molecular weight is 222 g/mol. The molecule has 1 heterocycles. The second-order valence-corrected chi connectivity index (χ2v) is 4.68. The van der Waals surface area contributed by atoms with Crippen LogP contribution in [0.4, 0.5) is 5.69 Å². The molecule has 0 radical (unpaired) electrons. The number of hydrogen-bond acceptors (Lipinski definition) is 2. The van der Waals surface area contributed by atoms with Gasteiger partial charge in [-0.3, -0.25) is 4.55 Å². The Morgan fingerprint density at radius 3 is 2.54 bits per heavy atom. The lowest BCUT2D eigenvalue weighted by molar-refractivity contribution is 0.483. The van der Waals surface area contributed by atoms with Crippen LogP contribution in [0.1, 0.15) is 0 Å². The van der Waals surface area contributed by atoms with Crippen LogP contribution in [0, 0.1) is 0 Å². The van der Waals surface area contributed by atoms with Crippen molar-refractivity contribution >= 4 is 28.6 Å². The van der Waals surface area contributed by atoms with Gasteiger partial charge in [0.25, 0.3) is 0 Å². The third-order valence-corrected chi connectivity index (χ3v) is 2.94. The Labute approximate surface area is 84.2 Å². The molecule has 1 aromatic rings. The summed E-state index contributed by atoms with van der Waals surface area (Å²) in [7, 11) is 3.22. The highest BCUT2D eigenvalue weighted by atomic mass is 35.5. The van der Waals surface area contributed by atoms with Gasteiger partial charge in [-0.2, -0.15) is 8.10 Å². The smallest absolute Gasteiger partial charge is 0.260 e. The summed E-state index contributed by atoms with van der Waals surface area (Å²) in [4.78, 5) is 3.83. The SMILES string of the molecule is C[N+](C)(c1ccc(Cl)nc1)S(=O)O. The van der Waals surface area contributed by atoms with Gasteiger partial charge in [0.15, 0.2) is 5.69 Å².